The molecule has 3 unspecified atom stereocenters. The summed E-state index contributed by atoms with van der Waals surface area (Å²) >= 11 is 2.01. The van der Waals surface area contributed by atoms with Crippen LogP contribution in [0.3, 0.4) is 0 Å². The van der Waals surface area contributed by atoms with Crippen LogP contribution >= 0.6 is 11.8 Å². The van der Waals surface area contributed by atoms with Crippen LogP contribution in [0.5, 0.6) is 5.75 Å². The number of benzene rings is 1. The summed E-state index contributed by atoms with van der Waals surface area (Å²) in [6, 6.07) is 7.05. The molecule has 1 aromatic carbocycles. The number of phenolic OH excluding ortho intramolecular Hbond substituents is 1. The molecule has 3 rings (SSSR count). The fourth-order valence-corrected chi connectivity index (χ4v) is 4.58. The van der Waals surface area contributed by atoms with E-state index in [2.05, 4.69) is 17.6 Å². The fourth-order valence-electron chi connectivity index (χ4n) is 3.64. The maximum Gasteiger partial charge on any atom is 0.119 e. The third-order valence-corrected chi connectivity index (χ3v) is 5.84. The quantitative estimate of drug-likeness (QED) is 0.884. The smallest absolute Gasteiger partial charge is 0.119 e. The topological polar surface area (TPSA) is 32.3 Å². The predicted octanol–water partition coefficient (Wildman–Crippen LogP) is 3.64. The van der Waals surface area contributed by atoms with E-state index in [1.165, 1.54) is 31.2 Å². The number of fused-ring (bicyclic) bond motifs is 1. The molecule has 2 aliphatic carbocycles. The Kier molecular flexibility index (Phi) is 4.04. The Balaban J connectivity index is 1.73. The Morgan fingerprint density at radius 2 is 2.05 bits per heavy atom. The number of hydrogen-bond acceptors (Lipinski definition) is 3. The van der Waals surface area contributed by atoms with Crippen LogP contribution in [0, 0.1) is 0 Å². The number of phenols is 1. The standard InChI is InChI=1S/C16H23NOS/c1-19-16-8-3-2-6-14(16)17-13-10-9-12-11(13)5-4-7-15(12)18/h4-5,7,13-14,16-18H,2-3,6,8-10H2,1H3. The number of thioether (sulfide) groups is 1. The van der Waals surface area contributed by atoms with Gasteiger partial charge in [0.25, 0.3) is 0 Å². The average molecular weight is 277 g/mol. The first kappa shape index (κ1) is 13.3. The second-order valence-electron chi connectivity index (χ2n) is 5.77. The second-order valence-corrected chi connectivity index (χ2v) is 6.84. The van der Waals surface area contributed by atoms with Crippen molar-refractivity contribution in [2.75, 3.05) is 6.26 Å². The monoisotopic (exact) mass is 277 g/mol. The molecule has 19 heavy (non-hydrogen) atoms. The highest BCUT2D eigenvalue weighted by atomic mass is 32.2. The van der Waals surface area contributed by atoms with Crippen molar-refractivity contribution >= 4 is 11.8 Å². The van der Waals surface area contributed by atoms with Crippen molar-refractivity contribution in [1.82, 2.24) is 5.32 Å². The molecule has 104 valence electrons. The van der Waals surface area contributed by atoms with E-state index in [9.17, 15) is 5.11 Å². The third-order valence-electron chi connectivity index (χ3n) is 4.67. The molecule has 0 heterocycles. The van der Waals surface area contributed by atoms with E-state index in [0.29, 0.717) is 17.8 Å². The largest absolute Gasteiger partial charge is 0.508 e. The van der Waals surface area contributed by atoms with Gasteiger partial charge in [-0.25, -0.2) is 0 Å². The van der Waals surface area contributed by atoms with Gasteiger partial charge in [-0.15, -0.1) is 0 Å². The Bertz CT molecular complexity index is 448. The zero-order valence-corrected chi connectivity index (χ0v) is 12.4. The van der Waals surface area contributed by atoms with E-state index in [4.69, 9.17) is 0 Å². The molecule has 1 fully saturated rings. The van der Waals surface area contributed by atoms with Crippen LogP contribution in [-0.2, 0) is 6.42 Å². The Labute approximate surface area is 120 Å². The lowest BCUT2D eigenvalue weighted by molar-refractivity contribution is 0.346. The summed E-state index contributed by atoms with van der Waals surface area (Å²) in [4.78, 5) is 0. The van der Waals surface area contributed by atoms with Gasteiger partial charge in [0.2, 0.25) is 0 Å². The van der Waals surface area contributed by atoms with Crippen LogP contribution in [0.4, 0.5) is 0 Å². The first-order chi connectivity index (χ1) is 9.29. The first-order valence-electron chi connectivity index (χ1n) is 7.39. The van der Waals surface area contributed by atoms with Crippen molar-refractivity contribution in [3.05, 3.63) is 29.3 Å². The summed E-state index contributed by atoms with van der Waals surface area (Å²) in [6.45, 7) is 0. The van der Waals surface area contributed by atoms with Crippen LogP contribution in [-0.4, -0.2) is 22.7 Å². The van der Waals surface area contributed by atoms with Crippen LogP contribution in [0.1, 0.15) is 49.3 Å². The molecule has 2 N–H and O–H groups in total. The summed E-state index contributed by atoms with van der Waals surface area (Å²) in [6.07, 6.45) is 9.76. The molecule has 0 aliphatic heterocycles. The molecule has 3 heteroatoms. The van der Waals surface area contributed by atoms with Gasteiger partial charge < -0.3 is 10.4 Å². The number of nitrogens with one attached hydrogen (secondary N) is 1. The van der Waals surface area contributed by atoms with Crippen molar-refractivity contribution < 1.29 is 5.11 Å². The van der Waals surface area contributed by atoms with Crippen molar-refractivity contribution in [2.24, 2.45) is 0 Å². The first-order valence-corrected chi connectivity index (χ1v) is 8.68. The Hall–Kier alpha value is -0.670. The van der Waals surface area contributed by atoms with E-state index in [1.807, 2.05) is 23.9 Å². The SMILES string of the molecule is CSC1CCCCC1NC1CCc2c(O)cccc21. The van der Waals surface area contributed by atoms with Gasteiger partial charge in [-0.2, -0.15) is 11.8 Å². The molecule has 0 aromatic heterocycles. The zero-order valence-electron chi connectivity index (χ0n) is 11.6. The van der Waals surface area contributed by atoms with E-state index >= 15 is 0 Å². The molecule has 0 saturated heterocycles. The van der Waals surface area contributed by atoms with Gasteiger partial charge in [-0.05, 0) is 49.1 Å². The number of rotatable bonds is 3. The van der Waals surface area contributed by atoms with Crippen LogP contribution in [0.25, 0.3) is 0 Å². The summed E-state index contributed by atoms with van der Waals surface area (Å²) < 4.78 is 0. The molecule has 0 amide bonds. The summed E-state index contributed by atoms with van der Waals surface area (Å²) in [5.74, 6) is 0.479. The van der Waals surface area contributed by atoms with E-state index in [1.54, 1.807) is 0 Å². The summed E-state index contributed by atoms with van der Waals surface area (Å²) in [5.41, 5.74) is 2.49. The highest BCUT2D eigenvalue weighted by Crippen LogP contribution is 2.38. The Morgan fingerprint density at radius 3 is 2.89 bits per heavy atom. The van der Waals surface area contributed by atoms with Gasteiger partial charge >= 0.3 is 0 Å². The molecule has 1 aromatic rings. The van der Waals surface area contributed by atoms with Crippen molar-refractivity contribution in [1.29, 1.82) is 0 Å². The van der Waals surface area contributed by atoms with E-state index in [0.717, 1.165) is 23.7 Å². The number of aromatic hydroxyl groups is 1. The Morgan fingerprint density at radius 1 is 1.21 bits per heavy atom. The van der Waals surface area contributed by atoms with E-state index in [-0.39, 0.29) is 0 Å². The van der Waals surface area contributed by atoms with Crippen molar-refractivity contribution in [3.63, 3.8) is 0 Å². The van der Waals surface area contributed by atoms with Gasteiger partial charge in [0.15, 0.2) is 0 Å². The molecule has 3 atom stereocenters. The molecule has 0 bridgehead atoms. The van der Waals surface area contributed by atoms with Gasteiger partial charge in [0.05, 0.1) is 0 Å². The number of hydrogen-bond donors (Lipinski definition) is 2. The van der Waals surface area contributed by atoms with Gasteiger partial charge in [-0.1, -0.05) is 25.0 Å². The minimum atomic E-state index is 0.444. The molecule has 0 spiro atoms. The zero-order chi connectivity index (χ0) is 13.2. The lowest BCUT2D eigenvalue weighted by Crippen LogP contribution is -2.41. The van der Waals surface area contributed by atoms with Crippen LogP contribution in [0.15, 0.2) is 18.2 Å². The normalized spacial score (nSPS) is 30.3. The minimum absolute atomic E-state index is 0.444. The van der Waals surface area contributed by atoms with Gasteiger partial charge in [0.1, 0.15) is 5.75 Å². The molecule has 0 radical (unpaired) electrons. The van der Waals surface area contributed by atoms with Gasteiger partial charge in [-0.3, -0.25) is 0 Å². The second kappa shape index (κ2) is 5.76. The average Bonchev–Trinajstić information content (AvgIpc) is 2.84. The van der Waals surface area contributed by atoms with E-state index < -0.39 is 0 Å². The third kappa shape index (κ3) is 2.63. The summed E-state index contributed by atoms with van der Waals surface area (Å²) in [7, 11) is 0. The fraction of sp³-hybridized carbons (Fsp3) is 0.625. The lowest BCUT2D eigenvalue weighted by Gasteiger charge is -2.33. The maximum atomic E-state index is 9.92. The predicted molar refractivity (Wildman–Crippen MR) is 81.9 cm³/mol. The minimum Gasteiger partial charge on any atom is -0.508 e. The van der Waals surface area contributed by atoms with Crippen molar-refractivity contribution in [3.8, 4) is 5.75 Å². The van der Waals surface area contributed by atoms with Crippen LogP contribution in [0.2, 0.25) is 0 Å². The van der Waals surface area contributed by atoms with Crippen molar-refractivity contribution in [2.45, 2.75) is 55.9 Å². The molecule has 2 aliphatic rings. The molecule has 1 saturated carbocycles. The summed E-state index contributed by atoms with van der Waals surface area (Å²) in [5, 5.41) is 14.6. The molecular weight excluding hydrogens is 254 g/mol. The molecular formula is C16H23NOS. The van der Waals surface area contributed by atoms with Gasteiger partial charge in [0, 0.05) is 17.3 Å². The maximum absolute atomic E-state index is 9.92. The lowest BCUT2D eigenvalue weighted by atomic mass is 9.93. The van der Waals surface area contributed by atoms with Crippen LogP contribution < -0.4 is 5.32 Å². The molecule has 2 nitrogen and oxygen atoms in total. The highest BCUT2D eigenvalue weighted by Gasteiger charge is 2.30. The highest BCUT2D eigenvalue weighted by molar-refractivity contribution is 7.99.